The predicted octanol–water partition coefficient (Wildman–Crippen LogP) is 3.83. The van der Waals surface area contributed by atoms with Gasteiger partial charge in [0.05, 0.1) is 16.9 Å². The summed E-state index contributed by atoms with van der Waals surface area (Å²) in [6, 6.07) is 11.9. The number of nitrogens with zero attached hydrogens (tertiary/aromatic N) is 2. The second kappa shape index (κ2) is 9.06. The second-order valence-corrected chi connectivity index (χ2v) is 7.97. The van der Waals surface area contributed by atoms with Gasteiger partial charge in [-0.25, -0.2) is 0 Å². The zero-order valence-electron chi connectivity index (χ0n) is 16.0. The summed E-state index contributed by atoms with van der Waals surface area (Å²) in [5, 5.41) is 13.7. The molecule has 0 saturated carbocycles. The van der Waals surface area contributed by atoms with E-state index >= 15 is 0 Å². The fourth-order valence-corrected chi connectivity index (χ4v) is 4.15. The lowest BCUT2D eigenvalue weighted by Gasteiger charge is -2.22. The number of carbonyl (C=O) groups excluding carboxylic acids is 2. The van der Waals surface area contributed by atoms with E-state index in [4.69, 9.17) is 17.0 Å². The Hall–Kier alpha value is -3.24. The van der Waals surface area contributed by atoms with Crippen molar-refractivity contribution in [1.82, 2.24) is 4.90 Å². The Bertz CT molecular complexity index is 1050. The number of thioether (sulfide) groups is 1. The minimum atomic E-state index is -0.837. The van der Waals surface area contributed by atoms with Crippen LogP contribution in [0.4, 0.5) is 11.4 Å². The molecule has 0 bridgehead atoms. The van der Waals surface area contributed by atoms with Crippen LogP contribution in [0.3, 0.4) is 0 Å². The molecule has 1 fully saturated rings. The lowest BCUT2D eigenvalue weighted by molar-refractivity contribution is -0.384. The number of non-ortho nitro benzene ring substituents is 1. The minimum Gasteiger partial charge on any atom is -0.497 e. The summed E-state index contributed by atoms with van der Waals surface area (Å²) in [6.45, 7) is 1.58. The monoisotopic (exact) mass is 443 g/mol. The molecule has 154 valence electrons. The van der Waals surface area contributed by atoms with E-state index in [1.807, 2.05) is 0 Å². The maximum absolute atomic E-state index is 12.8. The molecule has 8 nitrogen and oxygen atoms in total. The van der Waals surface area contributed by atoms with E-state index in [1.165, 1.54) is 29.2 Å². The number of carbonyl (C=O) groups is 2. The van der Waals surface area contributed by atoms with Gasteiger partial charge in [-0.3, -0.25) is 24.6 Å². The fraction of sp³-hybridized carbons (Fsp3) is 0.150. The molecule has 0 radical (unpaired) electrons. The molecule has 1 N–H and O–H groups in total. The molecule has 1 atom stereocenters. The predicted molar refractivity (Wildman–Crippen MR) is 119 cm³/mol. The average Bonchev–Trinajstić information content (AvgIpc) is 3.01. The lowest BCUT2D eigenvalue weighted by atomic mass is 10.2. The third-order valence-electron chi connectivity index (χ3n) is 4.33. The number of nitro groups is 1. The molecule has 1 heterocycles. The fourth-order valence-electron chi connectivity index (χ4n) is 2.73. The molecule has 1 saturated heterocycles. The summed E-state index contributed by atoms with van der Waals surface area (Å²) in [6.07, 6.45) is 1.53. The lowest BCUT2D eigenvalue weighted by Crippen LogP contribution is -2.44. The summed E-state index contributed by atoms with van der Waals surface area (Å²) in [5.41, 5.74) is 0.983. The molecule has 2 amide bonds. The van der Waals surface area contributed by atoms with E-state index in [0.29, 0.717) is 21.9 Å². The zero-order chi connectivity index (χ0) is 21.8. The summed E-state index contributed by atoms with van der Waals surface area (Å²) in [4.78, 5) is 37.4. The highest BCUT2D eigenvalue weighted by atomic mass is 32.2. The van der Waals surface area contributed by atoms with Crippen LogP contribution in [0.25, 0.3) is 6.08 Å². The van der Waals surface area contributed by atoms with E-state index in [2.05, 4.69) is 5.32 Å². The maximum Gasteiger partial charge on any atom is 0.270 e. The van der Waals surface area contributed by atoms with Crippen molar-refractivity contribution in [1.29, 1.82) is 0 Å². The van der Waals surface area contributed by atoms with Crippen LogP contribution in [0.2, 0.25) is 0 Å². The molecule has 1 aliphatic rings. The van der Waals surface area contributed by atoms with Crippen LogP contribution in [0, 0.1) is 10.1 Å². The van der Waals surface area contributed by atoms with E-state index < -0.39 is 22.8 Å². The van der Waals surface area contributed by atoms with E-state index in [-0.39, 0.29) is 10.0 Å². The molecule has 0 aliphatic carbocycles. The largest absolute Gasteiger partial charge is 0.497 e. The first-order valence-electron chi connectivity index (χ1n) is 8.76. The highest BCUT2D eigenvalue weighted by Gasteiger charge is 2.38. The number of anilines is 1. The minimum absolute atomic E-state index is 0.0773. The maximum atomic E-state index is 12.8. The molecule has 30 heavy (non-hydrogen) atoms. The average molecular weight is 444 g/mol. The van der Waals surface area contributed by atoms with Crippen LogP contribution >= 0.6 is 24.0 Å². The quantitative estimate of drug-likeness (QED) is 0.313. The number of methoxy groups -OCH3 is 1. The molecule has 1 aliphatic heterocycles. The standard InChI is InChI=1S/C20H17N3O5S2/c1-12(18(24)21-14-6-8-16(28-2)9-7-14)22-19(25)17(30-20(22)29)11-13-4-3-5-15(10-13)23(26)27/h3-12H,1-2H3,(H,21,24)/b17-11-. The van der Waals surface area contributed by atoms with Gasteiger partial charge in [0.1, 0.15) is 16.1 Å². The van der Waals surface area contributed by atoms with Gasteiger partial charge < -0.3 is 10.1 Å². The normalized spacial score (nSPS) is 15.9. The smallest absolute Gasteiger partial charge is 0.270 e. The van der Waals surface area contributed by atoms with Gasteiger partial charge in [0.15, 0.2) is 0 Å². The van der Waals surface area contributed by atoms with Crippen molar-refractivity contribution in [2.75, 3.05) is 12.4 Å². The van der Waals surface area contributed by atoms with Crippen molar-refractivity contribution in [2.45, 2.75) is 13.0 Å². The van der Waals surface area contributed by atoms with Gasteiger partial charge >= 0.3 is 0 Å². The number of benzene rings is 2. The van der Waals surface area contributed by atoms with Gasteiger partial charge in [0.2, 0.25) is 5.91 Å². The zero-order valence-corrected chi connectivity index (χ0v) is 17.7. The number of hydrogen-bond acceptors (Lipinski definition) is 7. The summed E-state index contributed by atoms with van der Waals surface area (Å²) >= 11 is 6.34. The van der Waals surface area contributed by atoms with Crippen LogP contribution in [0.1, 0.15) is 12.5 Å². The third kappa shape index (κ3) is 4.66. The first kappa shape index (κ1) is 21.5. The molecule has 0 aromatic heterocycles. The molecule has 0 spiro atoms. The summed E-state index contributed by atoms with van der Waals surface area (Å²) in [5.74, 6) is -0.161. The molecular formula is C20H17N3O5S2. The molecule has 3 rings (SSSR count). The third-order valence-corrected chi connectivity index (χ3v) is 5.66. The van der Waals surface area contributed by atoms with Crippen molar-refractivity contribution in [3.05, 3.63) is 69.1 Å². The Labute approximate surface area is 182 Å². The molecule has 2 aromatic rings. The van der Waals surface area contributed by atoms with Crippen molar-refractivity contribution in [2.24, 2.45) is 0 Å². The molecule has 1 unspecified atom stereocenters. The Morgan fingerprint density at radius 2 is 2.00 bits per heavy atom. The van der Waals surface area contributed by atoms with Gasteiger partial charge in [-0.05, 0) is 42.8 Å². The highest BCUT2D eigenvalue weighted by molar-refractivity contribution is 8.26. The van der Waals surface area contributed by atoms with Crippen LogP contribution in [-0.2, 0) is 9.59 Å². The SMILES string of the molecule is COc1ccc(NC(=O)C(C)N2C(=O)/C(=C/c3cccc([N+](=O)[O-])c3)SC2=S)cc1. The number of hydrogen-bond donors (Lipinski definition) is 1. The second-order valence-electron chi connectivity index (χ2n) is 6.30. The van der Waals surface area contributed by atoms with Gasteiger partial charge in [-0.1, -0.05) is 36.1 Å². The molecular weight excluding hydrogens is 426 g/mol. The first-order valence-corrected chi connectivity index (χ1v) is 9.99. The van der Waals surface area contributed by atoms with Gasteiger partial charge in [-0.2, -0.15) is 0 Å². The number of nitrogens with one attached hydrogen (secondary N) is 1. The number of rotatable bonds is 6. The van der Waals surface area contributed by atoms with Crippen LogP contribution < -0.4 is 10.1 Å². The number of amides is 2. The number of nitro benzene ring substituents is 1. The Morgan fingerprint density at radius 3 is 2.63 bits per heavy atom. The van der Waals surface area contributed by atoms with Crippen molar-refractivity contribution in [3.63, 3.8) is 0 Å². The van der Waals surface area contributed by atoms with E-state index in [9.17, 15) is 19.7 Å². The summed E-state index contributed by atoms with van der Waals surface area (Å²) < 4.78 is 5.33. The highest BCUT2D eigenvalue weighted by Crippen LogP contribution is 2.34. The van der Waals surface area contributed by atoms with Gasteiger partial charge in [-0.15, -0.1) is 0 Å². The topological polar surface area (TPSA) is 102 Å². The van der Waals surface area contributed by atoms with Crippen LogP contribution in [0.5, 0.6) is 5.75 Å². The van der Waals surface area contributed by atoms with Crippen molar-refractivity contribution < 1.29 is 19.2 Å². The van der Waals surface area contributed by atoms with E-state index in [0.717, 1.165) is 11.8 Å². The number of thiocarbonyl (C=S) groups is 1. The Morgan fingerprint density at radius 1 is 1.30 bits per heavy atom. The van der Waals surface area contributed by atoms with Crippen molar-refractivity contribution >= 4 is 57.6 Å². The molecule has 2 aromatic carbocycles. The first-order chi connectivity index (χ1) is 14.3. The summed E-state index contributed by atoms with van der Waals surface area (Å²) in [7, 11) is 1.55. The Kier molecular flexibility index (Phi) is 6.48. The van der Waals surface area contributed by atoms with Crippen LogP contribution in [-0.4, -0.2) is 39.1 Å². The molecule has 10 heteroatoms. The van der Waals surface area contributed by atoms with Crippen molar-refractivity contribution in [3.8, 4) is 5.75 Å². The number of ether oxygens (including phenoxy) is 1. The van der Waals surface area contributed by atoms with Gasteiger partial charge in [0.25, 0.3) is 11.6 Å². The van der Waals surface area contributed by atoms with Crippen LogP contribution in [0.15, 0.2) is 53.4 Å². The van der Waals surface area contributed by atoms with Gasteiger partial charge in [0, 0.05) is 17.8 Å². The van der Waals surface area contributed by atoms with E-state index in [1.54, 1.807) is 44.4 Å². The Balaban J connectivity index is 1.75.